The number of carbonyl (C=O) groups is 1. The second-order valence-corrected chi connectivity index (χ2v) is 12.3. The molecule has 1 amide bonds. The van der Waals surface area contributed by atoms with Crippen LogP contribution in [0.3, 0.4) is 0 Å². The Bertz CT molecular complexity index is 1450. The Labute approximate surface area is 242 Å². The summed E-state index contributed by atoms with van der Waals surface area (Å²) in [4.78, 5) is 21.3. The lowest BCUT2D eigenvalue weighted by Gasteiger charge is -2.35. The Morgan fingerprint density at radius 1 is 1.08 bits per heavy atom. The van der Waals surface area contributed by atoms with Crippen LogP contribution in [-0.2, 0) is 17.9 Å². The number of anilines is 1. The van der Waals surface area contributed by atoms with E-state index in [1.165, 1.54) is 0 Å². The van der Waals surface area contributed by atoms with Crippen molar-refractivity contribution >= 4 is 65.8 Å². The second kappa shape index (κ2) is 12.5. The molecule has 1 fully saturated rings. The van der Waals surface area contributed by atoms with Crippen LogP contribution >= 0.6 is 44.2 Å². The second-order valence-electron chi connectivity index (χ2n) is 8.83. The molecule has 38 heavy (non-hydrogen) atoms. The zero-order valence-corrected chi connectivity index (χ0v) is 24.6. The van der Waals surface area contributed by atoms with Crippen LogP contribution < -0.4 is 8.43 Å². The van der Waals surface area contributed by atoms with Crippen LogP contribution in [0.15, 0.2) is 67.0 Å². The summed E-state index contributed by atoms with van der Waals surface area (Å²) < 4.78 is 13.4. The zero-order valence-electron chi connectivity index (χ0n) is 20.9. The van der Waals surface area contributed by atoms with Crippen molar-refractivity contribution in [1.82, 2.24) is 17.8 Å². The molecule has 1 aliphatic rings. The van der Waals surface area contributed by atoms with Crippen molar-refractivity contribution in [2.24, 2.45) is 0 Å². The lowest BCUT2D eigenvalue weighted by atomic mass is 10.0. The molecule has 4 aromatic rings. The van der Waals surface area contributed by atoms with Crippen LogP contribution in [-0.4, -0.2) is 50.6 Å². The van der Waals surface area contributed by atoms with E-state index in [-0.39, 0.29) is 33.7 Å². The van der Waals surface area contributed by atoms with Crippen LogP contribution in [0.5, 0.6) is 0 Å². The van der Waals surface area contributed by atoms with Crippen molar-refractivity contribution in [2.75, 3.05) is 31.1 Å². The topological polar surface area (TPSA) is 62.1 Å². The molecule has 0 spiro atoms. The fourth-order valence-corrected chi connectivity index (χ4v) is 6.08. The number of aromatic nitrogens is 2. The number of piperazine rings is 1. The number of imidazole rings is 1. The molecule has 0 atom stereocenters. The van der Waals surface area contributed by atoms with E-state index in [0.717, 1.165) is 40.3 Å². The van der Waals surface area contributed by atoms with Gasteiger partial charge in [0.1, 0.15) is 18.1 Å². The normalized spacial score (nSPS) is 14.2. The molecule has 0 radical (unpaired) electrons. The van der Waals surface area contributed by atoms with Gasteiger partial charge in [0.05, 0.1) is 6.20 Å². The number of hydrogen-bond acceptors (Lipinski definition) is 5. The van der Waals surface area contributed by atoms with E-state index in [0.29, 0.717) is 36.2 Å². The van der Waals surface area contributed by atoms with Gasteiger partial charge in [-0.15, -0.1) is 0 Å². The molecule has 1 aliphatic heterocycles. The molecule has 1 N–H and O–H groups in total. The van der Waals surface area contributed by atoms with E-state index in [4.69, 9.17) is 32.9 Å². The molecular weight excluding hydrogens is 636 g/mol. The third-order valence-electron chi connectivity index (χ3n) is 6.45. The number of halogens is 3. The monoisotopic (exact) mass is 663 g/mol. The lowest BCUT2D eigenvalue weighted by Crippen LogP contribution is -2.49. The molecule has 7 nitrogen and oxygen atoms in total. The minimum absolute atomic E-state index is 0.177. The lowest BCUT2D eigenvalue weighted by molar-refractivity contribution is 0.0941. The minimum Gasteiger partial charge on any atom is -0.445 e. The van der Waals surface area contributed by atoms with E-state index < -0.39 is 0 Å². The first-order valence-corrected chi connectivity index (χ1v) is 15.4. The SMILES string of the molecule is CC=INCc1cc2ncc(N3CCN(C(=O)OCc4ccccc4)CC3)n2cc1-c1ccc(Cl)cc1Cl. The highest BCUT2D eigenvalue weighted by molar-refractivity contribution is 14.2. The van der Waals surface area contributed by atoms with Gasteiger partial charge in [0.2, 0.25) is 0 Å². The van der Waals surface area contributed by atoms with Crippen molar-refractivity contribution in [3.63, 3.8) is 0 Å². The van der Waals surface area contributed by atoms with Gasteiger partial charge in [0.25, 0.3) is 0 Å². The van der Waals surface area contributed by atoms with Crippen LogP contribution in [0.2, 0.25) is 10.0 Å². The van der Waals surface area contributed by atoms with Crippen molar-refractivity contribution in [3.8, 4) is 11.1 Å². The number of pyridine rings is 1. The van der Waals surface area contributed by atoms with Crippen molar-refractivity contribution in [1.29, 1.82) is 0 Å². The highest BCUT2D eigenvalue weighted by Gasteiger charge is 2.24. The number of carbonyl (C=O) groups excluding carboxylic acids is 1. The summed E-state index contributed by atoms with van der Waals surface area (Å²) in [6.07, 6.45) is 3.73. The molecule has 0 bridgehead atoms. The Kier molecular flexibility index (Phi) is 8.83. The van der Waals surface area contributed by atoms with Crippen LogP contribution in [0.25, 0.3) is 16.8 Å². The Hall–Kier alpha value is -2.66. The number of benzene rings is 2. The van der Waals surface area contributed by atoms with E-state index in [9.17, 15) is 4.79 Å². The van der Waals surface area contributed by atoms with Crippen molar-refractivity contribution in [3.05, 3.63) is 88.2 Å². The Balaban J connectivity index is 1.35. The molecule has 0 unspecified atom stereocenters. The highest BCUT2D eigenvalue weighted by Crippen LogP contribution is 2.34. The van der Waals surface area contributed by atoms with Crippen LogP contribution in [0.4, 0.5) is 10.6 Å². The summed E-state index contributed by atoms with van der Waals surface area (Å²) in [6, 6.07) is 17.4. The maximum atomic E-state index is 12.6. The van der Waals surface area contributed by atoms with Gasteiger partial charge in [0, 0.05) is 60.1 Å². The van der Waals surface area contributed by atoms with Gasteiger partial charge >= 0.3 is 6.09 Å². The fourth-order valence-electron chi connectivity index (χ4n) is 4.50. The highest BCUT2D eigenvalue weighted by atomic mass is 127. The Morgan fingerprint density at radius 2 is 1.87 bits per heavy atom. The van der Waals surface area contributed by atoms with E-state index in [1.54, 1.807) is 11.0 Å². The van der Waals surface area contributed by atoms with E-state index in [1.807, 2.05) is 48.7 Å². The number of hydrogen-bond donors (Lipinski definition) is 1. The first kappa shape index (κ1) is 26.9. The summed E-state index contributed by atoms with van der Waals surface area (Å²) >= 11 is 12.6. The molecular formula is C28H28Cl2IN5O2. The summed E-state index contributed by atoms with van der Waals surface area (Å²) in [5, 5.41) is 1.22. The molecule has 5 rings (SSSR count). The smallest absolute Gasteiger partial charge is 0.410 e. The average Bonchev–Trinajstić information content (AvgIpc) is 3.35. The molecule has 3 heterocycles. The van der Waals surface area contributed by atoms with E-state index in [2.05, 4.69) is 36.0 Å². The number of rotatable bonds is 7. The number of ether oxygens (including phenoxy) is 1. The Morgan fingerprint density at radius 3 is 2.61 bits per heavy atom. The van der Waals surface area contributed by atoms with E-state index >= 15 is 0 Å². The summed E-state index contributed by atoms with van der Waals surface area (Å²) in [7, 11) is 0. The minimum atomic E-state index is -0.282. The third-order valence-corrected chi connectivity index (χ3v) is 8.44. The number of amides is 1. The maximum Gasteiger partial charge on any atom is 0.410 e. The number of fused-ring (bicyclic) bond motifs is 1. The first-order chi connectivity index (χ1) is 18.5. The van der Waals surface area contributed by atoms with Gasteiger partial charge in [-0.05, 0) is 61.3 Å². The molecule has 1 saturated heterocycles. The predicted octanol–water partition coefficient (Wildman–Crippen LogP) is 6.56. The van der Waals surface area contributed by atoms with Gasteiger partial charge in [-0.1, -0.05) is 59.6 Å². The quantitative estimate of drug-likeness (QED) is 0.179. The summed E-state index contributed by atoms with van der Waals surface area (Å²) in [5.74, 6) is 0.984. The maximum absolute atomic E-state index is 12.6. The van der Waals surface area contributed by atoms with Gasteiger partial charge in [-0.3, -0.25) is 7.93 Å². The van der Waals surface area contributed by atoms with Crippen LogP contribution in [0.1, 0.15) is 18.1 Å². The van der Waals surface area contributed by atoms with Gasteiger partial charge in [0.15, 0.2) is 0 Å². The third kappa shape index (κ3) is 6.14. The molecule has 198 valence electrons. The molecule has 10 heteroatoms. The summed E-state index contributed by atoms with van der Waals surface area (Å²) in [6.45, 7) is 5.61. The molecule has 0 aliphatic carbocycles. The number of nitrogens with zero attached hydrogens (tertiary/aromatic N) is 4. The first-order valence-electron chi connectivity index (χ1n) is 12.3. The molecule has 2 aromatic heterocycles. The standard InChI is InChI=1S/C28H28Cl2IN5O2/c1-2-31-33-16-21-14-26-32-17-27(36(26)18-24(21)23-9-8-22(29)15-25(23)30)34-10-12-35(13-11-34)28(37)38-19-20-6-4-3-5-7-20/h2-9,14-15,17-18,33H,10-13,16,19H2,1H3. The van der Waals surface area contributed by atoms with Gasteiger partial charge < -0.3 is 14.5 Å². The van der Waals surface area contributed by atoms with Crippen LogP contribution in [0, 0.1) is 0 Å². The molecule has 0 saturated carbocycles. The predicted molar refractivity (Wildman–Crippen MR) is 164 cm³/mol. The average molecular weight is 664 g/mol. The van der Waals surface area contributed by atoms with Gasteiger partial charge in [-0.25, -0.2) is 9.78 Å². The molecule has 2 aromatic carbocycles. The zero-order chi connectivity index (χ0) is 26.5. The van der Waals surface area contributed by atoms with Gasteiger partial charge in [-0.2, -0.15) is 0 Å². The largest absolute Gasteiger partial charge is 0.445 e. The number of nitrogens with one attached hydrogen (secondary N) is 1. The van der Waals surface area contributed by atoms with Crippen molar-refractivity contribution < 1.29 is 9.53 Å². The van der Waals surface area contributed by atoms with Crippen molar-refractivity contribution in [2.45, 2.75) is 20.1 Å². The fraction of sp³-hybridized carbons (Fsp3) is 0.250. The summed E-state index contributed by atoms with van der Waals surface area (Å²) in [5.41, 5.74) is 4.94.